The predicted octanol–water partition coefficient (Wildman–Crippen LogP) is 1.01. The van der Waals surface area contributed by atoms with Gasteiger partial charge in [0.2, 0.25) is 0 Å². The van der Waals surface area contributed by atoms with Gasteiger partial charge in [-0.15, -0.1) is 0 Å². The van der Waals surface area contributed by atoms with Crippen molar-refractivity contribution in [1.29, 1.82) is 0 Å². The number of nitrogen functional groups attached to an aromatic ring is 1. The standard InChI is InChI=1S/C12H17N5/c1-8-4-10(12(13)15-5-8)11(14-2)9-6-16-17(3)7-9/h4-7,11,14H,1-3H3,(H2,13,15). The highest BCUT2D eigenvalue weighted by molar-refractivity contribution is 5.46. The number of hydrogen-bond acceptors (Lipinski definition) is 4. The lowest BCUT2D eigenvalue weighted by Crippen LogP contribution is -2.19. The van der Waals surface area contributed by atoms with E-state index in [0.717, 1.165) is 16.7 Å². The predicted molar refractivity (Wildman–Crippen MR) is 67.5 cm³/mol. The van der Waals surface area contributed by atoms with Gasteiger partial charge in [-0.05, 0) is 25.6 Å². The van der Waals surface area contributed by atoms with E-state index in [2.05, 4.69) is 21.5 Å². The van der Waals surface area contributed by atoms with E-state index in [0.29, 0.717) is 5.82 Å². The Balaban J connectivity index is 2.45. The summed E-state index contributed by atoms with van der Waals surface area (Å²) in [6, 6.07) is 2.08. The van der Waals surface area contributed by atoms with Crippen LogP contribution in [0.25, 0.3) is 0 Å². The summed E-state index contributed by atoms with van der Waals surface area (Å²) in [5.74, 6) is 0.554. The lowest BCUT2D eigenvalue weighted by molar-refractivity contribution is 0.688. The molecule has 0 fully saturated rings. The zero-order valence-corrected chi connectivity index (χ0v) is 10.3. The molecule has 3 N–H and O–H groups in total. The van der Waals surface area contributed by atoms with Crippen molar-refractivity contribution < 1.29 is 0 Å². The van der Waals surface area contributed by atoms with Crippen molar-refractivity contribution in [1.82, 2.24) is 20.1 Å². The van der Waals surface area contributed by atoms with Crippen molar-refractivity contribution in [2.45, 2.75) is 13.0 Å². The zero-order chi connectivity index (χ0) is 12.4. The normalized spacial score (nSPS) is 12.6. The summed E-state index contributed by atoms with van der Waals surface area (Å²) in [6.45, 7) is 2.01. The van der Waals surface area contributed by atoms with Gasteiger partial charge in [-0.2, -0.15) is 5.10 Å². The first kappa shape index (κ1) is 11.6. The smallest absolute Gasteiger partial charge is 0.128 e. The highest BCUT2D eigenvalue weighted by Crippen LogP contribution is 2.25. The molecule has 90 valence electrons. The maximum Gasteiger partial charge on any atom is 0.128 e. The quantitative estimate of drug-likeness (QED) is 0.827. The Hall–Kier alpha value is -1.88. The van der Waals surface area contributed by atoms with Crippen LogP contribution in [0.5, 0.6) is 0 Å². The Morgan fingerprint density at radius 1 is 1.41 bits per heavy atom. The highest BCUT2D eigenvalue weighted by Gasteiger charge is 2.17. The number of nitrogens with two attached hydrogens (primary N) is 1. The average Bonchev–Trinajstić information content (AvgIpc) is 2.71. The Bertz CT molecular complexity index is 517. The van der Waals surface area contributed by atoms with E-state index in [1.54, 1.807) is 10.9 Å². The lowest BCUT2D eigenvalue weighted by Gasteiger charge is -2.16. The fraction of sp³-hybridized carbons (Fsp3) is 0.333. The maximum absolute atomic E-state index is 5.93. The van der Waals surface area contributed by atoms with E-state index in [1.165, 1.54) is 0 Å². The minimum Gasteiger partial charge on any atom is -0.383 e. The first-order chi connectivity index (χ1) is 8.11. The number of aromatic nitrogens is 3. The van der Waals surface area contributed by atoms with E-state index in [-0.39, 0.29) is 6.04 Å². The van der Waals surface area contributed by atoms with Crippen LogP contribution >= 0.6 is 0 Å². The Labute approximate surface area is 101 Å². The number of rotatable bonds is 3. The van der Waals surface area contributed by atoms with Crippen molar-refractivity contribution in [2.75, 3.05) is 12.8 Å². The molecule has 0 saturated carbocycles. The van der Waals surface area contributed by atoms with Crippen LogP contribution < -0.4 is 11.1 Å². The molecule has 5 heteroatoms. The molecular weight excluding hydrogens is 214 g/mol. The largest absolute Gasteiger partial charge is 0.383 e. The van der Waals surface area contributed by atoms with Gasteiger partial charge in [0.25, 0.3) is 0 Å². The summed E-state index contributed by atoms with van der Waals surface area (Å²) in [4.78, 5) is 4.19. The molecule has 0 aliphatic rings. The molecule has 2 aromatic heterocycles. The molecule has 0 bridgehead atoms. The Kier molecular flexibility index (Phi) is 3.10. The van der Waals surface area contributed by atoms with Gasteiger partial charge in [0.1, 0.15) is 5.82 Å². The molecule has 2 heterocycles. The van der Waals surface area contributed by atoms with Gasteiger partial charge in [-0.1, -0.05) is 0 Å². The summed E-state index contributed by atoms with van der Waals surface area (Å²) < 4.78 is 1.78. The Morgan fingerprint density at radius 2 is 2.18 bits per heavy atom. The van der Waals surface area contributed by atoms with Crippen LogP contribution in [0.2, 0.25) is 0 Å². The molecule has 0 aromatic carbocycles. The monoisotopic (exact) mass is 231 g/mol. The molecule has 1 unspecified atom stereocenters. The molecule has 0 saturated heterocycles. The third kappa shape index (κ3) is 2.29. The zero-order valence-electron chi connectivity index (χ0n) is 10.3. The first-order valence-corrected chi connectivity index (χ1v) is 5.49. The van der Waals surface area contributed by atoms with Gasteiger partial charge < -0.3 is 11.1 Å². The van der Waals surface area contributed by atoms with Crippen molar-refractivity contribution >= 4 is 5.82 Å². The van der Waals surface area contributed by atoms with Gasteiger partial charge >= 0.3 is 0 Å². The molecular formula is C12H17N5. The van der Waals surface area contributed by atoms with Crippen LogP contribution in [0.15, 0.2) is 24.7 Å². The van der Waals surface area contributed by atoms with Gasteiger partial charge in [-0.25, -0.2) is 4.98 Å². The van der Waals surface area contributed by atoms with Crippen LogP contribution in [0.1, 0.15) is 22.7 Å². The molecule has 0 radical (unpaired) electrons. The lowest BCUT2D eigenvalue weighted by atomic mass is 10.0. The van der Waals surface area contributed by atoms with Crippen LogP contribution in [0, 0.1) is 6.92 Å². The minimum absolute atomic E-state index is 0.0242. The second-order valence-electron chi connectivity index (χ2n) is 4.16. The molecule has 5 nitrogen and oxygen atoms in total. The number of nitrogens with one attached hydrogen (secondary N) is 1. The van der Waals surface area contributed by atoms with E-state index in [4.69, 9.17) is 5.73 Å². The number of hydrogen-bond donors (Lipinski definition) is 2. The molecule has 2 aromatic rings. The average molecular weight is 231 g/mol. The topological polar surface area (TPSA) is 68.8 Å². The summed E-state index contributed by atoms with van der Waals surface area (Å²) in [7, 11) is 3.80. The highest BCUT2D eigenvalue weighted by atomic mass is 15.2. The SMILES string of the molecule is CNC(c1cnn(C)c1)c1cc(C)cnc1N. The third-order valence-electron chi connectivity index (χ3n) is 2.74. The van der Waals surface area contributed by atoms with Crippen LogP contribution in [0.3, 0.4) is 0 Å². The summed E-state index contributed by atoms with van der Waals surface area (Å²) >= 11 is 0. The Morgan fingerprint density at radius 3 is 2.76 bits per heavy atom. The van der Waals surface area contributed by atoms with E-state index >= 15 is 0 Å². The maximum atomic E-state index is 5.93. The van der Waals surface area contributed by atoms with Crippen LogP contribution in [-0.4, -0.2) is 21.8 Å². The fourth-order valence-corrected chi connectivity index (χ4v) is 1.92. The number of aryl methyl sites for hydroxylation is 2. The fourth-order valence-electron chi connectivity index (χ4n) is 1.92. The number of pyridine rings is 1. The van der Waals surface area contributed by atoms with Crippen molar-refractivity contribution in [3.05, 3.63) is 41.3 Å². The van der Waals surface area contributed by atoms with Crippen LogP contribution in [0.4, 0.5) is 5.82 Å². The summed E-state index contributed by atoms with van der Waals surface area (Å²) in [5.41, 5.74) is 9.09. The second-order valence-corrected chi connectivity index (χ2v) is 4.16. The summed E-state index contributed by atoms with van der Waals surface area (Å²) in [5, 5.41) is 7.42. The molecule has 0 amide bonds. The molecule has 17 heavy (non-hydrogen) atoms. The molecule has 0 aliphatic heterocycles. The third-order valence-corrected chi connectivity index (χ3v) is 2.74. The van der Waals surface area contributed by atoms with Gasteiger partial charge in [0.15, 0.2) is 0 Å². The molecule has 1 atom stereocenters. The molecule has 2 rings (SSSR count). The second kappa shape index (κ2) is 4.55. The molecule has 0 spiro atoms. The van der Waals surface area contributed by atoms with E-state index in [9.17, 15) is 0 Å². The number of anilines is 1. The van der Waals surface area contributed by atoms with E-state index in [1.807, 2.05) is 33.4 Å². The summed E-state index contributed by atoms with van der Waals surface area (Å²) in [6.07, 6.45) is 5.58. The molecule has 0 aliphatic carbocycles. The first-order valence-electron chi connectivity index (χ1n) is 5.49. The number of nitrogens with zero attached hydrogens (tertiary/aromatic N) is 3. The van der Waals surface area contributed by atoms with Crippen LogP contribution in [-0.2, 0) is 7.05 Å². The van der Waals surface area contributed by atoms with E-state index < -0.39 is 0 Å². The minimum atomic E-state index is 0.0242. The van der Waals surface area contributed by atoms with Crippen molar-refractivity contribution in [2.24, 2.45) is 7.05 Å². The van der Waals surface area contributed by atoms with Crippen molar-refractivity contribution in [3.8, 4) is 0 Å². The van der Waals surface area contributed by atoms with Gasteiger partial charge in [0, 0.05) is 30.6 Å². The van der Waals surface area contributed by atoms with Crippen molar-refractivity contribution in [3.63, 3.8) is 0 Å². The van der Waals surface area contributed by atoms with Gasteiger partial charge in [-0.3, -0.25) is 4.68 Å². The van der Waals surface area contributed by atoms with Gasteiger partial charge in [0.05, 0.1) is 12.2 Å².